The summed E-state index contributed by atoms with van der Waals surface area (Å²) in [6, 6.07) is 12.3. The van der Waals surface area contributed by atoms with E-state index >= 15 is 0 Å². The summed E-state index contributed by atoms with van der Waals surface area (Å²) in [5, 5.41) is 18.0. The molecule has 5 rings (SSSR count). The number of aryl methyl sites for hydroxylation is 2. The molecule has 2 aromatic carbocycles. The fourth-order valence-electron chi connectivity index (χ4n) is 5.10. The van der Waals surface area contributed by atoms with Crippen molar-refractivity contribution in [2.45, 2.75) is 25.6 Å². The molecule has 2 aromatic heterocycles. The molecule has 3 heterocycles. The number of aliphatic hydroxyl groups excluding tert-OH is 1. The summed E-state index contributed by atoms with van der Waals surface area (Å²) in [6.45, 7) is 6.38. The van der Waals surface area contributed by atoms with Gasteiger partial charge in [-0.15, -0.1) is 0 Å². The van der Waals surface area contributed by atoms with E-state index in [4.69, 9.17) is 9.72 Å². The van der Waals surface area contributed by atoms with Crippen LogP contribution in [0.5, 0.6) is 5.75 Å². The monoisotopic (exact) mass is 527 g/mol. The lowest BCUT2D eigenvalue weighted by atomic mass is 10.0. The first kappa shape index (κ1) is 26.5. The normalized spacial score (nSPS) is 13.4. The first-order chi connectivity index (χ1) is 18.9. The lowest BCUT2D eigenvalue weighted by Crippen LogP contribution is -2.29. The second-order valence-corrected chi connectivity index (χ2v) is 10.2. The van der Waals surface area contributed by atoms with E-state index in [1.807, 2.05) is 39.3 Å². The maximum Gasteiger partial charge on any atom is 0.227 e. The fourth-order valence-corrected chi connectivity index (χ4v) is 5.10. The number of hydrogen-bond acceptors (Lipinski definition) is 8. The van der Waals surface area contributed by atoms with Crippen LogP contribution in [0.4, 0.5) is 23.0 Å². The Labute approximate surface area is 229 Å². The number of aromatic nitrogens is 3. The van der Waals surface area contributed by atoms with Crippen molar-refractivity contribution in [2.24, 2.45) is 0 Å². The van der Waals surface area contributed by atoms with Crippen molar-refractivity contribution in [1.29, 1.82) is 0 Å². The van der Waals surface area contributed by atoms with Crippen LogP contribution in [-0.2, 0) is 13.0 Å². The zero-order valence-electron chi connectivity index (χ0n) is 23.1. The van der Waals surface area contributed by atoms with Gasteiger partial charge >= 0.3 is 0 Å². The van der Waals surface area contributed by atoms with Crippen molar-refractivity contribution in [3.05, 3.63) is 67.0 Å². The summed E-state index contributed by atoms with van der Waals surface area (Å²) < 4.78 is 8.11. The van der Waals surface area contributed by atoms with Gasteiger partial charge in [-0.3, -0.25) is 0 Å². The average Bonchev–Trinajstić information content (AvgIpc) is 3.32. The van der Waals surface area contributed by atoms with Gasteiger partial charge in [0, 0.05) is 56.1 Å². The van der Waals surface area contributed by atoms with Crippen molar-refractivity contribution in [3.63, 3.8) is 0 Å². The zero-order chi connectivity index (χ0) is 27.5. The van der Waals surface area contributed by atoms with E-state index in [0.29, 0.717) is 17.4 Å². The topological polar surface area (TPSA) is 90.7 Å². The largest absolute Gasteiger partial charge is 0.494 e. The molecular formula is C30H37N7O2. The quantitative estimate of drug-likeness (QED) is 0.191. The highest BCUT2D eigenvalue weighted by Crippen LogP contribution is 2.39. The van der Waals surface area contributed by atoms with Crippen molar-refractivity contribution in [3.8, 4) is 17.0 Å². The van der Waals surface area contributed by atoms with E-state index in [2.05, 4.69) is 61.0 Å². The predicted molar refractivity (Wildman–Crippen MR) is 159 cm³/mol. The molecule has 4 aromatic rings. The van der Waals surface area contributed by atoms with Crippen LogP contribution in [0.15, 0.2) is 61.4 Å². The van der Waals surface area contributed by atoms with Gasteiger partial charge < -0.3 is 34.8 Å². The van der Waals surface area contributed by atoms with Crippen LogP contribution >= 0.6 is 0 Å². The molecule has 0 saturated heterocycles. The van der Waals surface area contributed by atoms with Gasteiger partial charge in [-0.2, -0.15) is 0 Å². The van der Waals surface area contributed by atoms with E-state index < -0.39 is 6.23 Å². The molecule has 9 heteroatoms. The number of ether oxygens (including phenoxy) is 1. The van der Waals surface area contributed by atoms with Gasteiger partial charge in [0.1, 0.15) is 12.0 Å². The van der Waals surface area contributed by atoms with Crippen LogP contribution in [0.3, 0.4) is 0 Å². The highest BCUT2D eigenvalue weighted by Gasteiger charge is 2.19. The SMILES string of the molecule is C=CC(O)Nc1cc(Nc2nccc(-c3cn4c5c(cccc35)CCC4)n2)c(OC)cc1N(C)CCN(C)C. The lowest BCUT2D eigenvalue weighted by molar-refractivity contribution is 0.253. The van der Waals surface area contributed by atoms with Gasteiger partial charge in [-0.25, -0.2) is 9.97 Å². The molecule has 39 heavy (non-hydrogen) atoms. The summed E-state index contributed by atoms with van der Waals surface area (Å²) in [7, 11) is 7.74. The minimum Gasteiger partial charge on any atom is -0.494 e. The van der Waals surface area contributed by atoms with Gasteiger partial charge in [0.05, 0.1) is 35.4 Å². The van der Waals surface area contributed by atoms with Crippen molar-refractivity contribution in [1.82, 2.24) is 19.4 Å². The molecule has 204 valence electrons. The van der Waals surface area contributed by atoms with Gasteiger partial charge in [0.25, 0.3) is 0 Å². The van der Waals surface area contributed by atoms with Crippen molar-refractivity contribution >= 4 is 33.9 Å². The summed E-state index contributed by atoms with van der Waals surface area (Å²) >= 11 is 0. The molecule has 0 aliphatic carbocycles. The number of likely N-dealkylation sites (N-methyl/N-ethyl adjacent to an activating group) is 2. The Bertz CT molecular complexity index is 1480. The van der Waals surface area contributed by atoms with Gasteiger partial charge in [-0.05, 0) is 50.7 Å². The second kappa shape index (κ2) is 11.3. The fraction of sp³-hybridized carbons (Fsp3) is 0.333. The van der Waals surface area contributed by atoms with Crippen molar-refractivity contribution in [2.75, 3.05) is 56.9 Å². The Morgan fingerprint density at radius 2 is 2.03 bits per heavy atom. The molecule has 0 spiro atoms. The number of para-hydroxylation sites is 1. The van der Waals surface area contributed by atoms with Crippen molar-refractivity contribution < 1.29 is 9.84 Å². The molecule has 0 radical (unpaired) electrons. The Balaban J connectivity index is 1.50. The number of hydrogen-bond donors (Lipinski definition) is 3. The molecule has 1 aliphatic rings. The Morgan fingerprint density at radius 1 is 1.18 bits per heavy atom. The number of nitrogens with one attached hydrogen (secondary N) is 2. The van der Waals surface area contributed by atoms with E-state index in [9.17, 15) is 5.11 Å². The number of aliphatic hydroxyl groups is 1. The summed E-state index contributed by atoms with van der Waals surface area (Å²) in [6.07, 6.45) is 6.77. The Kier molecular flexibility index (Phi) is 7.72. The smallest absolute Gasteiger partial charge is 0.227 e. The predicted octanol–water partition coefficient (Wildman–Crippen LogP) is 4.71. The van der Waals surface area contributed by atoms with Crippen LogP contribution in [0, 0.1) is 0 Å². The van der Waals surface area contributed by atoms with Crippen LogP contribution < -0.4 is 20.3 Å². The molecule has 0 bridgehead atoms. The minimum absolute atomic E-state index is 0.460. The minimum atomic E-state index is -0.906. The van der Waals surface area contributed by atoms with E-state index in [1.165, 1.54) is 22.5 Å². The van der Waals surface area contributed by atoms with E-state index in [1.54, 1.807) is 13.3 Å². The summed E-state index contributed by atoms with van der Waals surface area (Å²) in [5.74, 6) is 1.10. The molecule has 0 amide bonds. The third-order valence-electron chi connectivity index (χ3n) is 7.14. The van der Waals surface area contributed by atoms with Crippen LogP contribution in [0.2, 0.25) is 0 Å². The van der Waals surface area contributed by atoms with Crippen LogP contribution in [0.1, 0.15) is 12.0 Å². The second-order valence-electron chi connectivity index (χ2n) is 10.2. The molecule has 3 N–H and O–H groups in total. The molecule has 0 saturated carbocycles. The average molecular weight is 528 g/mol. The number of benzene rings is 2. The van der Waals surface area contributed by atoms with Crippen LogP contribution in [-0.4, -0.2) is 72.1 Å². The maximum absolute atomic E-state index is 10.3. The third kappa shape index (κ3) is 5.55. The van der Waals surface area contributed by atoms with Gasteiger partial charge in [-0.1, -0.05) is 24.8 Å². The summed E-state index contributed by atoms with van der Waals surface area (Å²) in [5.41, 5.74) is 6.95. The Hall–Kier alpha value is -4.08. The number of anilines is 4. The van der Waals surface area contributed by atoms with E-state index in [-0.39, 0.29) is 0 Å². The maximum atomic E-state index is 10.3. The molecule has 1 atom stereocenters. The van der Waals surface area contributed by atoms with Crippen LogP contribution in [0.25, 0.3) is 22.2 Å². The molecule has 9 nitrogen and oxygen atoms in total. The number of nitrogens with zero attached hydrogens (tertiary/aromatic N) is 5. The first-order valence-electron chi connectivity index (χ1n) is 13.2. The molecule has 1 unspecified atom stereocenters. The molecular weight excluding hydrogens is 490 g/mol. The zero-order valence-corrected chi connectivity index (χ0v) is 23.1. The highest BCUT2D eigenvalue weighted by molar-refractivity contribution is 5.97. The Morgan fingerprint density at radius 3 is 2.79 bits per heavy atom. The lowest BCUT2D eigenvalue weighted by Gasteiger charge is -2.27. The third-order valence-corrected chi connectivity index (χ3v) is 7.14. The first-order valence-corrected chi connectivity index (χ1v) is 13.2. The summed E-state index contributed by atoms with van der Waals surface area (Å²) in [4.78, 5) is 13.6. The highest BCUT2D eigenvalue weighted by atomic mass is 16.5. The van der Waals surface area contributed by atoms with E-state index in [0.717, 1.165) is 55.1 Å². The molecule has 0 fully saturated rings. The standard InChI is InChI=1S/C30H37N7O2/c1-6-28(38)32-24-17-25(27(39-5)18-26(24)36(4)16-15-35(2)3)34-30-31-13-12-23(33-30)22-19-37-14-8-10-20-9-7-11-21(22)29(20)37/h6-7,9,11-13,17-19,28,32,38H,1,8,10,14-16H2,2-5H3,(H,31,33,34). The van der Waals surface area contributed by atoms with Gasteiger partial charge in [0.2, 0.25) is 5.95 Å². The molecule has 1 aliphatic heterocycles. The number of rotatable bonds is 11. The number of methoxy groups -OCH3 is 1. The van der Waals surface area contributed by atoms with Gasteiger partial charge in [0.15, 0.2) is 0 Å².